The number of guanidine groups is 1. The van der Waals surface area contributed by atoms with Gasteiger partial charge in [-0.1, -0.05) is 25.0 Å². The van der Waals surface area contributed by atoms with Crippen LogP contribution in [-0.2, 0) is 0 Å². The molecule has 25 heavy (non-hydrogen) atoms. The van der Waals surface area contributed by atoms with Gasteiger partial charge in [0, 0.05) is 25.6 Å². The zero-order chi connectivity index (χ0) is 17.7. The van der Waals surface area contributed by atoms with Crippen LogP contribution in [-0.4, -0.2) is 54.9 Å². The molecule has 2 fully saturated rings. The van der Waals surface area contributed by atoms with Crippen molar-refractivity contribution in [1.82, 2.24) is 10.2 Å². The summed E-state index contributed by atoms with van der Waals surface area (Å²) in [6.45, 7) is 5.42. The van der Waals surface area contributed by atoms with Crippen molar-refractivity contribution in [2.45, 2.75) is 50.5 Å². The lowest BCUT2D eigenvalue weighted by Gasteiger charge is -2.25. The Labute approximate surface area is 151 Å². The molecule has 1 saturated carbocycles. The van der Waals surface area contributed by atoms with Crippen molar-refractivity contribution in [2.24, 2.45) is 4.99 Å². The van der Waals surface area contributed by atoms with Gasteiger partial charge >= 0.3 is 0 Å². The molecule has 1 heterocycles. The van der Waals surface area contributed by atoms with Crippen molar-refractivity contribution >= 4 is 5.96 Å². The van der Waals surface area contributed by atoms with Crippen LogP contribution < -0.4 is 10.1 Å². The molecule has 2 aliphatic rings. The van der Waals surface area contributed by atoms with Gasteiger partial charge in [0.1, 0.15) is 5.75 Å². The molecule has 0 radical (unpaired) electrons. The third-order valence-corrected chi connectivity index (χ3v) is 5.47. The van der Waals surface area contributed by atoms with E-state index in [0.29, 0.717) is 12.5 Å². The van der Waals surface area contributed by atoms with Crippen LogP contribution >= 0.6 is 0 Å². The zero-order valence-electron chi connectivity index (χ0n) is 15.5. The molecule has 0 amide bonds. The van der Waals surface area contributed by atoms with Crippen LogP contribution in [0.4, 0.5) is 0 Å². The molecular weight excluding hydrogens is 314 g/mol. The van der Waals surface area contributed by atoms with Crippen LogP contribution in [0.15, 0.2) is 29.3 Å². The fraction of sp³-hybridized carbons (Fsp3) is 0.650. The highest BCUT2D eigenvalue weighted by Gasteiger charge is 2.32. The summed E-state index contributed by atoms with van der Waals surface area (Å²) in [5, 5.41) is 14.0. The Balaban J connectivity index is 1.64. The van der Waals surface area contributed by atoms with Gasteiger partial charge in [0.25, 0.3) is 0 Å². The molecule has 1 unspecified atom stereocenters. The number of ether oxygens (including phenoxy) is 1. The molecule has 2 N–H and O–H groups in total. The van der Waals surface area contributed by atoms with Gasteiger partial charge < -0.3 is 20.1 Å². The van der Waals surface area contributed by atoms with Gasteiger partial charge in [0.05, 0.1) is 19.3 Å². The number of nitrogens with one attached hydrogen (secondary N) is 1. The van der Waals surface area contributed by atoms with Crippen LogP contribution in [0.1, 0.15) is 50.5 Å². The highest BCUT2D eigenvalue weighted by Crippen LogP contribution is 2.31. The Hall–Kier alpha value is -1.75. The molecule has 0 spiro atoms. The van der Waals surface area contributed by atoms with E-state index in [1.807, 2.05) is 12.1 Å². The van der Waals surface area contributed by atoms with Crippen LogP contribution in [0.3, 0.4) is 0 Å². The minimum Gasteiger partial charge on any atom is -0.497 e. The summed E-state index contributed by atoms with van der Waals surface area (Å²) in [4.78, 5) is 7.10. The van der Waals surface area contributed by atoms with Crippen LogP contribution in [0, 0.1) is 0 Å². The fourth-order valence-electron chi connectivity index (χ4n) is 3.94. The van der Waals surface area contributed by atoms with Crippen molar-refractivity contribution in [1.29, 1.82) is 0 Å². The summed E-state index contributed by atoms with van der Waals surface area (Å²) >= 11 is 0. The number of benzene rings is 1. The van der Waals surface area contributed by atoms with Gasteiger partial charge in [-0.2, -0.15) is 0 Å². The number of nitrogens with zero attached hydrogens (tertiary/aromatic N) is 2. The molecule has 1 saturated heterocycles. The third-order valence-electron chi connectivity index (χ3n) is 5.47. The second-order valence-electron chi connectivity index (χ2n) is 7.31. The van der Waals surface area contributed by atoms with Gasteiger partial charge in [-0.15, -0.1) is 0 Å². The van der Waals surface area contributed by atoms with E-state index in [1.165, 1.54) is 5.56 Å². The van der Waals surface area contributed by atoms with E-state index < -0.39 is 5.60 Å². The second kappa shape index (κ2) is 8.09. The first-order valence-electron chi connectivity index (χ1n) is 9.53. The average molecular weight is 345 g/mol. The van der Waals surface area contributed by atoms with Gasteiger partial charge in [-0.3, -0.25) is 4.99 Å². The van der Waals surface area contributed by atoms with E-state index in [4.69, 9.17) is 9.73 Å². The largest absolute Gasteiger partial charge is 0.497 e. The minimum atomic E-state index is -0.588. The fourth-order valence-corrected chi connectivity index (χ4v) is 3.94. The first kappa shape index (κ1) is 18.1. The lowest BCUT2D eigenvalue weighted by atomic mass is 9.98. The molecular formula is C20H31N3O2. The van der Waals surface area contributed by atoms with Crippen molar-refractivity contribution in [3.63, 3.8) is 0 Å². The molecule has 1 atom stereocenters. The van der Waals surface area contributed by atoms with E-state index >= 15 is 0 Å². The Kier molecular flexibility index (Phi) is 5.84. The molecule has 5 nitrogen and oxygen atoms in total. The van der Waals surface area contributed by atoms with Crippen LogP contribution in [0.2, 0.25) is 0 Å². The molecule has 5 heteroatoms. The number of aliphatic imine (C=N–C) groups is 1. The Morgan fingerprint density at radius 2 is 2.04 bits per heavy atom. The van der Waals surface area contributed by atoms with E-state index in [1.54, 1.807) is 7.11 Å². The summed E-state index contributed by atoms with van der Waals surface area (Å²) in [5.74, 6) is 2.36. The van der Waals surface area contributed by atoms with E-state index in [0.717, 1.165) is 63.4 Å². The van der Waals surface area contributed by atoms with Crippen LogP contribution in [0.25, 0.3) is 0 Å². The average Bonchev–Trinajstić information content (AvgIpc) is 3.29. The Morgan fingerprint density at radius 1 is 1.32 bits per heavy atom. The lowest BCUT2D eigenvalue weighted by molar-refractivity contribution is 0.0572. The number of likely N-dealkylation sites (tertiary alicyclic amines) is 1. The zero-order valence-corrected chi connectivity index (χ0v) is 15.5. The standard InChI is InChI=1S/C20H31N3O2/c1-3-21-19(22-15-20(24)11-4-5-12-20)23-13-10-17(14-23)16-6-8-18(25-2)9-7-16/h6-9,17,24H,3-5,10-15H2,1-2H3,(H,21,22). The topological polar surface area (TPSA) is 57.1 Å². The molecule has 138 valence electrons. The second-order valence-corrected chi connectivity index (χ2v) is 7.31. The van der Waals surface area contributed by atoms with Gasteiger partial charge in [0.2, 0.25) is 0 Å². The number of hydrogen-bond donors (Lipinski definition) is 2. The summed E-state index contributed by atoms with van der Waals surface area (Å²) in [6, 6.07) is 8.40. The maximum Gasteiger partial charge on any atom is 0.194 e. The predicted molar refractivity (Wildman–Crippen MR) is 101 cm³/mol. The predicted octanol–water partition coefficient (Wildman–Crippen LogP) is 2.76. The van der Waals surface area contributed by atoms with Crippen molar-refractivity contribution < 1.29 is 9.84 Å². The SMILES string of the molecule is CCNC(=NCC1(O)CCCC1)N1CCC(c2ccc(OC)cc2)C1. The van der Waals surface area contributed by atoms with E-state index in [9.17, 15) is 5.11 Å². The summed E-state index contributed by atoms with van der Waals surface area (Å²) in [7, 11) is 1.70. The highest BCUT2D eigenvalue weighted by molar-refractivity contribution is 5.80. The first-order valence-corrected chi connectivity index (χ1v) is 9.53. The summed E-state index contributed by atoms with van der Waals surface area (Å²) < 4.78 is 5.25. The van der Waals surface area contributed by atoms with Crippen molar-refractivity contribution in [3.8, 4) is 5.75 Å². The maximum absolute atomic E-state index is 10.6. The monoisotopic (exact) mass is 345 g/mol. The third kappa shape index (κ3) is 4.46. The molecule has 0 bridgehead atoms. The molecule has 0 aromatic heterocycles. The number of hydrogen-bond acceptors (Lipinski definition) is 3. The number of aliphatic hydroxyl groups is 1. The Bertz CT molecular complexity index is 579. The summed E-state index contributed by atoms with van der Waals surface area (Å²) in [5.41, 5.74) is 0.768. The molecule has 1 aliphatic heterocycles. The smallest absolute Gasteiger partial charge is 0.194 e. The lowest BCUT2D eigenvalue weighted by Crippen LogP contribution is -2.41. The van der Waals surface area contributed by atoms with Gasteiger partial charge in [0.15, 0.2) is 5.96 Å². The highest BCUT2D eigenvalue weighted by atomic mass is 16.5. The van der Waals surface area contributed by atoms with Gasteiger partial charge in [-0.25, -0.2) is 0 Å². The van der Waals surface area contributed by atoms with E-state index in [2.05, 4.69) is 29.3 Å². The number of methoxy groups -OCH3 is 1. The molecule has 1 aromatic rings. The molecule has 1 aromatic carbocycles. The van der Waals surface area contributed by atoms with E-state index in [-0.39, 0.29) is 0 Å². The summed E-state index contributed by atoms with van der Waals surface area (Å²) in [6.07, 6.45) is 5.12. The van der Waals surface area contributed by atoms with Crippen LogP contribution in [0.5, 0.6) is 5.75 Å². The first-order chi connectivity index (χ1) is 12.1. The minimum absolute atomic E-state index is 0.513. The maximum atomic E-state index is 10.6. The molecule has 3 rings (SSSR count). The number of rotatable bonds is 5. The van der Waals surface area contributed by atoms with Crippen molar-refractivity contribution in [3.05, 3.63) is 29.8 Å². The quantitative estimate of drug-likeness (QED) is 0.636. The molecule has 1 aliphatic carbocycles. The van der Waals surface area contributed by atoms with Gasteiger partial charge in [-0.05, 0) is 43.9 Å². The van der Waals surface area contributed by atoms with Crippen molar-refractivity contribution in [2.75, 3.05) is 33.3 Å². The Morgan fingerprint density at radius 3 is 2.68 bits per heavy atom. The normalized spacial score (nSPS) is 23.1.